The molecule has 0 saturated carbocycles. The Hall–Kier alpha value is -2.35. The van der Waals surface area contributed by atoms with Crippen LogP contribution >= 0.6 is 11.3 Å². The maximum Gasteiger partial charge on any atom is 0.324 e. The monoisotopic (exact) mass is 336 g/mol. The van der Waals surface area contributed by atoms with Crippen LogP contribution in [0, 0.1) is 0 Å². The molecule has 0 atom stereocenters. The molecule has 0 spiro atoms. The third kappa shape index (κ3) is 3.70. The number of carbonyl (C=O) groups is 1. The second-order valence-electron chi connectivity index (χ2n) is 4.98. The van der Waals surface area contributed by atoms with E-state index in [1.807, 2.05) is 30.3 Å². The summed E-state index contributed by atoms with van der Waals surface area (Å²) in [7, 11) is 0. The van der Waals surface area contributed by atoms with Gasteiger partial charge in [0.1, 0.15) is 0 Å². The molecule has 1 aromatic carbocycles. The highest BCUT2D eigenvalue weighted by atomic mass is 32.1. The number of hydrogen-bond donors (Lipinski definition) is 1. The lowest BCUT2D eigenvalue weighted by atomic mass is 10.0. The molecule has 8 heteroatoms. The van der Waals surface area contributed by atoms with E-state index in [1.54, 1.807) is 4.90 Å². The van der Waals surface area contributed by atoms with Gasteiger partial charge >= 0.3 is 6.03 Å². The number of carbonyl (C=O) groups excluding carboxylic acids is 1. The minimum absolute atomic E-state index is 0.0844. The van der Waals surface area contributed by atoms with Crippen molar-refractivity contribution in [2.75, 3.05) is 18.4 Å². The Kier molecular flexibility index (Phi) is 4.61. The normalized spacial score (nSPS) is 14.7. The highest BCUT2D eigenvalue weighted by Gasteiger charge is 2.21. The van der Waals surface area contributed by atoms with E-state index in [2.05, 4.69) is 21.6 Å². The summed E-state index contributed by atoms with van der Waals surface area (Å²) in [6, 6.07) is 9.46. The Morgan fingerprint density at radius 2 is 2.04 bits per heavy atom. The fraction of sp³-hybridized carbons (Fsp3) is 0.267. The number of amides is 2. The van der Waals surface area contributed by atoms with Gasteiger partial charge in [-0.05, 0) is 17.6 Å². The van der Waals surface area contributed by atoms with Crippen LogP contribution in [0.5, 0.6) is 0 Å². The molecule has 5 nitrogen and oxygen atoms in total. The van der Waals surface area contributed by atoms with E-state index in [4.69, 9.17) is 0 Å². The van der Waals surface area contributed by atoms with E-state index in [0.717, 1.165) is 17.6 Å². The minimum Gasteiger partial charge on any atom is -0.320 e. The van der Waals surface area contributed by atoms with Crippen molar-refractivity contribution in [2.24, 2.45) is 0 Å². The lowest BCUT2D eigenvalue weighted by Gasteiger charge is -2.27. The molecule has 3 rings (SSSR count). The van der Waals surface area contributed by atoms with Gasteiger partial charge in [-0.3, -0.25) is 5.32 Å². The number of aromatic nitrogens is 2. The number of anilines is 1. The number of urea groups is 1. The first-order valence-corrected chi connectivity index (χ1v) is 7.87. The van der Waals surface area contributed by atoms with Gasteiger partial charge in [0.25, 0.3) is 6.43 Å². The number of nitrogens with one attached hydrogen (secondary N) is 1. The molecule has 23 heavy (non-hydrogen) atoms. The highest BCUT2D eigenvalue weighted by molar-refractivity contribution is 7.15. The fourth-order valence-electron chi connectivity index (χ4n) is 2.32. The molecule has 1 aromatic heterocycles. The van der Waals surface area contributed by atoms with Crippen LogP contribution < -0.4 is 5.32 Å². The predicted molar refractivity (Wildman–Crippen MR) is 84.5 cm³/mol. The first-order chi connectivity index (χ1) is 11.1. The molecule has 1 N–H and O–H groups in total. The molecule has 1 aliphatic rings. The molecule has 2 amide bonds. The molecule has 0 aliphatic carbocycles. The molecule has 0 fully saturated rings. The largest absolute Gasteiger partial charge is 0.324 e. The topological polar surface area (TPSA) is 58.1 Å². The number of alkyl halides is 2. The van der Waals surface area contributed by atoms with Gasteiger partial charge < -0.3 is 4.90 Å². The van der Waals surface area contributed by atoms with Gasteiger partial charge in [-0.25, -0.2) is 13.6 Å². The predicted octanol–water partition coefficient (Wildman–Crippen LogP) is 3.80. The van der Waals surface area contributed by atoms with Gasteiger partial charge in [0.2, 0.25) is 5.13 Å². The van der Waals surface area contributed by atoms with E-state index in [1.165, 1.54) is 0 Å². The zero-order valence-corrected chi connectivity index (χ0v) is 12.9. The van der Waals surface area contributed by atoms with Gasteiger partial charge in [0.05, 0.1) is 0 Å². The first kappa shape index (κ1) is 15.5. The van der Waals surface area contributed by atoms with Crippen LogP contribution in [-0.4, -0.2) is 34.2 Å². The number of hydrogen-bond acceptors (Lipinski definition) is 4. The van der Waals surface area contributed by atoms with E-state index in [9.17, 15) is 13.6 Å². The molecule has 0 bridgehead atoms. The third-order valence-electron chi connectivity index (χ3n) is 3.42. The fourth-order valence-corrected chi connectivity index (χ4v) is 2.91. The summed E-state index contributed by atoms with van der Waals surface area (Å²) in [5, 5.41) is 9.13. The van der Waals surface area contributed by atoms with Gasteiger partial charge in [-0.15, -0.1) is 10.2 Å². The summed E-state index contributed by atoms with van der Waals surface area (Å²) >= 11 is 0.685. The van der Waals surface area contributed by atoms with E-state index in [0.29, 0.717) is 24.4 Å². The molecule has 2 heterocycles. The van der Waals surface area contributed by atoms with Crippen molar-refractivity contribution in [2.45, 2.75) is 12.8 Å². The maximum atomic E-state index is 12.5. The third-order valence-corrected chi connectivity index (χ3v) is 4.27. The zero-order chi connectivity index (χ0) is 16.2. The van der Waals surface area contributed by atoms with Crippen LogP contribution in [0.4, 0.5) is 18.7 Å². The molecular weight excluding hydrogens is 322 g/mol. The molecular formula is C15H14F2N4OS. The van der Waals surface area contributed by atoms with Crippen LogP contribution in [0.3, 0.4) is 0 Å². The smallest absolute Gasteiger partial charge is 0.320 e. The van der Waals surface area contributed by atoms with Crippen molar-refractivity contribution in [3.8, 4) is 0 Å². The van der Waals surface area contributed by atoms with E-state index < -0.39 is 11.4 Å². The van der Waals surface area contributed by atoms with E-state index >= 15 is 0 Å². The van der Waals surface area contributed by atoms with Gasteiger partial charge in [-0.1, -0.05) is 47.7 Å². The second kappa shape index (κ2) is 6.82. The lowest BCUT2D eigenvalue weighted by molar-refractivity contribution is 0.150. The first-order valence-electron chi connectivity index (χ1n) is 7.05. The standard InChI is InChI=1S/C15H14F2N4OS/c16-12(17)13-19-20-14(23-13)18-15(22)21-8-4-7-11(9-21)10-5-2-1-3-6-10/h1-3,5-7,12H,4,8-9H2,(H,18,20,22). The van der Waals surface area contributed by atoms with Gasteiger partial charge in [0, 0.05) is 13.1 Å². The highest BCUT2D eigenvalue weighted by Crippen LogP contribution is 2.26. The van der Waals surface area contributed by atoms with Crippen LogP contribution in [0.1, 0.15) is 23.4 Å². The van der Waals surface area contributed by atoms with Gasteiger partial charge in [0.15, 0.2) is 5.01 Å². The van der Waals surface area contributed by atoms with Crippen molar-refractivity contribution < 1.29 is 13.6 Å². The Morgan fingerprint density at radius 3 is 2.74 bits per heavy atom. The number of nitrogens with zero attached hydrogens (tertiary/aromatic N) is 3. The molecule has 2 aromatic rings. The minimum atomic E-state index is -2.68. The summed E-state index contributed by atoms with van der Waals surface area (Å²) in [6.07, 6.45) is 0.176. The Morgan fingerprint density at radius 1 is 1.26 bits per heavy atom. The van der Waals surface area contributed by atoms with Crippen LogP contribution in [0.2, 0.25) is 0 Å². The molecule has 0 saturated heterocycles. The quantitative estimate of drug-likeness (QED) is 0.927. The Bertz CT molecular complexity index is 717. The van der Waals surface area contributed by atoms with Crippen molar-refractivity contribution >= 4 is 28.1 Å². The lowest BCUT2D eigenvalue weighted by Crippen LogP contribution is -2.38. The molecule has 1 aliphatic heterocycles. The number of rotatable bonds is 3. The van der Waals surface area contributed by atoms with Crippen molar-refractivity contribution in [3.63, 3.8) is 0 Å². The average molecular weight is 336 g/mol. The summed E-state index contributed by atoms with van der Waals surface area (Å²) in [5.41, 5.74) is 2.14. The number of benzene rings is 1. The average Bonchev–Trinajstić information content (AvgIpc) is 3.04. The molecule has 0 unspecified atom stereocenters. The van der Waals surface area contributed by atoms with Gasteiger partial charge in [-0.2, -0.15) is 0 Å². The van der Waals surface area contributed by atoms with Crippen LogP contribution in [0.15, 0.2) is 36.4 Å². The van der Waals surface area contributed by atoms with Crippen LogP contribution in [0.25, 0.3) is 5.57 Å². The van der Waals surface area contributed by atoms with Crippen LogP contribution in [-0.2, 0) is 0 Å². The maximum absolute atomic E-state index is 12.5. The second-order valence-corrected chi connectivity index (χ2v) is 5.99. The molecule has 0 radical (unpaired) electrons. The zero-order valence-electron chi connectivity index (χ0n) is 12.1. The Labute approximate surface area is 135 Å². The van der Waals surface area contributed by atoms with Crippen molar-refractivity contribution in [3.05, 3.63) is 47.0 Å². The summed E-state index contributed by atoms with van der Waals surface area (Å²) in [5.74, 6) is 0. The van der Waals surface area contributed by atoms with E-state index in [-0.39, 0.29) is 11.2 Å². The van der Waals surface area contributed by atoms with Crippen molar-refractivity contribution in [1.82, 2.24) is 15.1 Å². The molecule has 120 valence electrons. The van der Waals surface area contributed by atoms with Crippen molar-refractivity contribution in [1.29, 1.82) is 0 Å². The number of halogens is 2. The summed E-state index contributed by atoms with van der Waals surface area (Å²) in [6.45, 7) is 1.04. The summed E-state index contributed by atoms with van der Waals surface area (Å²) in [4.78, 5) is 13.9. The summed E-state index contributed by atoms with van der Waals surface area (Å²) < 4.78 is 25.0. The Balaban J connectivity index is 1.65. The SMILES string of the molecule is O=C(Nc1nnc(C(F)F)s1)N1CCC=C(c2ccccc2)C1.